The van der Waals surface area contributed by atoms with E-state index in [0.717, 1.165) is 60.3 Å². The van der Waals surface area contributed by atoms with Gasteiger partial charge >= 0.3 is 5.97 Å². The first kappa shape index (κ1) is 31.3. The van der Waals surface area contributed by atoms with Crippen LogP contribution < -0.4 is 0 Å². The molecule has 4 aliphatic carbocycles. The Balaban J connectivity index is 1.06. The fraction of sp³-hybridized carbons (Fsp3) is 0.769. The Labute approximate surface area is 261 Å². The lowest BCUT2D eigenvalue weighted by Gasteiger charge is -2.58. The van der Waals surface area contributed by atoms with Gasteiger partial charge in [-0.1, -0.05) is 95.9 Å². The number of allylic oxidation sites excluding steroid dienone is 1. The van der Waals surface area contributed by atoms with Crippen molar-refractivity contribution in [2.24, 2.45) is 51.8 Å². The van der Waals surface area contributed by atoms with Crippen molar-refractivity contribution >= 4 is 5.97 Å². The summed E-state index contributed by atoms with van der Waals surface area (Å²) in [5, 5.41) is 0. The standard InChI is InChI=1S/C39H58O4/c1-26(2)11-10-12-27(3)32-17-18-33-31-16-15-29-23-30(19-21-38(29,5)34(31)20-22-39(32,33)6)43-36(40)37(4)24-41-35(42-25-37)28-13-8-7-9-14-28/h7-9,13-15,26-27,30-35H,10-12,16-25H2,1-6H3/t27-,30+,31+,32-,33+,34+,35?,37?,38-,39+/m0/s1. The zero-order valence-electron chi connectivity index (χ0n) is 27.9. The van der Waals surface area contributed by atoms with E-state index in [1.807, 2.05) is 37.3 Å². The number of hydrogen-bond donors (Lipinski definition) is 0. The molecule has 1 heterocycles. The first-order valence-corrected chi connectivity index (χ1v) is 17.7. The van der Waals surface area contributed by atoms with Crippen LogP contribution >= 0.6 is 0 Å². The van der Waals surface area contributed by atoms with Gasteiger partial charge in [0.05, 0.1) is 13.2 Å². The van der Waals surface area contributed by atoms with Crippen LogP contribution in [0.4, 0.5) is 0 Å². The number of carbonyl (C=O) groups excluding carboxylic acids is 1. The number of benzene rings is 1. The fourth-order valence-corrected chi connectivity index (χ4v) is 10.6. The van der Waals surface area contributed by atoms with Gasteiger partial charge in [0.2, 0.25) is 0 Å². The molecule has 0 bridgehead atoms. The molecule has 1 aliphatic heterocycles. The highest BCUT2D eigenvalue weighted by molar-refractivity contribution is 5.77. The third kappa shape index (κ3) is 5.89. The van der Waals surface area contributed by atoms with E-state index in [1.165, 1.54) is 51.4 Å². The molecule has 6 rings (SSSR count). The molecular weight excluding hydrogens is 532 g/mol. The van der Waals surface area contributed by atoms with E-state index in [2.05, 4.69) is 40.7 Å². The molecule has 8 atom stereocenters. The minimum Gasteiger partial charge on any atom is -0.461 e. The van der Waals surface area contributed by atoms with Crippen molar-refractivity contribution in [3.8, 4) is 0 Å². The van der Waals surface area contributed by atoms with Crippen LogP contribution in [0.2, 0.25) is 0 Å². The minimum absolute atomic E-state index is 0.0385. The summed E-state index contributed by atoms with van der Waals surface area (Å²) >= 11 is 0. The minimum atomic E-state index is -0.767. The summed E-state index contributed by atoms with van der Waals surface area (Å²) in [6, 6.07) is 9.95. The molecule has 5 aliphatic rings. The Kier molecular flexibility index (Phi) is 8.94. The molecule has 0 amide bonds. The molecule has 0 spiro atoms. The smallest absolute Gasteiger partial charge is 0.316 e. The topological polar surface area (TPSA) is 44.8 Å². The summed E-state index contributed by atoms with van der Waals surface area (Å²) in [7, 11) is 0. The lowest BCUT2D eigenvalue weighted by molar-refractivity contribution is -0.238. The van der Waals surface area contributed by atoms with Gasteiger partial charge in [0.1, 0.15) is 11.5 Å². The first-order valence-electron chi connectivity index (χ1n) is 17.7. The zero-order chi connectivity index (χ0) is 30.4. The lowest BCUT2D eigenvalue weighted by Crippen LogP contribution is -2.51. The number of hydrogen-bond acceptors (Lipinski definition) is 4. The van der Waals surface area contributed by atoms with Crippen molar-refractivity contribution in [2.45, 2.75) is 125 Å². The molecule has 0 N–H and O–H groups in total. The molecular formula is C39H58O4. The van der Waals surface area contributed by atoms with E-state index in [0.29, 0.717) is 18.6 Å². The Hall–Kier alpha value is -1.65. The highest BCUT2D eigenvalue weighted by atomic mass is 16.7. The van der Waals surface area contributed by atoms with Gasteiger partial charge in [0, 0.05) is 12.0 Å². The summed E-state index contributed by atoms with van der Waals surface area (Å²) in [4.78, 5) is 13.4. The van der Waals surface area contributed by atoms with Crippen LogP contribution in [0.3, 0.4) is 0 Å². The van der Waals surface area contributed by atoms with Crippen molar-refractivity contribution in [3.05, 3.63) is 47.5 Å². The lowest BCUT2D eigenvalue weighted by atomic mass is 9.47. The first-order chi connectivity index (χ1) is 20.5. The Bertz CT molecular complexity index is 1150. The summed E-state index contributed by atoms with van der Waals surface area (Å²) in [5.41, 5.74) is 2.57. The third-order valence-corrected chi connectivity index (χ3v) is 13.2. The molecule has 1 aromatic carbocycles. The van der Waals surface area contributed by atoms with E-state index >= 15 is 0 Å². The van der Waals surface area contributed by atoms with E-state index in [1.54, 1.807) is 5.57 Å². The van der Waals surface area contributed by atoms with Gasteiger partial charge in [-0.15, -0.1) is 0 Å². The highest BCUT2D eigenvalue weighted by Gasteiger charge is 2.59. The molecule has 4 fully saturated rings. The van der Waals surface area contributed by atoms with Crippen molar-refractivity contribution in [1.82, 2.24) is 0 Å². The normalized spacial score (nSPS) is 41.5. The van der Waals surface area contributed by atoms with Crippen LogP contribution in [0.15, 0.2) is 42.0 Å². The summed E-state index contributed by atoms with van der Waals surface area (Å²) < 4.78 is 18.3. The van der Waals surface area contributed by atoms with E-state index in [9.17, 15) is 4.79 Å². The number of esters is 1. The van der Waals surface area contributed by atoms with Gasteiger partial charge in [0.15, 0.2) is 6.29 Å². The average molecular weight is 591 g/mol. The zero-order valence-corrected chi connectivity index (χ0v) is 27.9. The van der Waals surface area contributed by atoms with E-state index < -0.39 is 11.7 Å². The predicted octanol–water partition coefficient (Wildman–Crippen LogP) is 9.69. The fourth-order valence-electron chi connectivity index (χ4n) is 10.6. The number of carbonyl (C=O) groups is 1. The number of rotatable bonds is 8. The van der Waals surface area contributed by atoms with Crippen LogP contribution in [-0.4, -0.2) is 25.3 Å². The molecule has 0 radical (unpaired) electrons. The van der Waals surface area contributed by atoms with Crippen molar-refractivity contribution < 1.29 is 19.0 Å². The maximum Gasteiger partial charge on any atom is 0.316 e. The molecule has 1 saturated heterocycles. The van der Waals surface area contributed by atoms with Gasteiger partial charge in [-0.05, 0) is 98.2 Å². The van der Waals surface area contributed by atoms with E-state index in [-0.39, 0.29) is 17.5 Å². The Morgan fingerprint density at radius 3 is 2.40 bits per heavy atom. The largest absolute Gasteiger partial charge is 0.461 e. The predicted molar refractivity (Wildman–Crippen MR) is 172 cm³/mol. The monoisotopic (exact) mass is 590 g/mol. The summed E-state index contributed by atoms with van der Waals surface area (Å²) in [6.07, 6.45) is 16.2. The molecule has 43 heavy (non-hydrogen) atoms. The van der Waals surface area contributed by atoms with Crippen molar-refractivity contribution in [3.63, 3.8) is 0 Å². The molecule has 4 heteroatoms. The van der Waals surface area contributed by atoms with Gasteiger partial charge in [0.25, 0.3) is 0 Å². The Morgan fingerprint density at radius 2 is 1.67 bits per heavy atom. The van der Waals surface area contributed by atoms with Crippen LogP contribution in [0, 0.1) is 51.8 Å². The quantitative estimate of drug-likeness (QED) is 0.223. The number of fused-ring (bicyclic) bond motifs is 5. The van der Waals surface area contributed by atoms with Crippen LogP contribution in [0.1, 0.15) is 124 Å². The summed E-state index contributed by atoms with van der Waals surface area (Å²) in [5.74, 6) is 4.89. The molecule has 1 aromatic rings. The molecule has 0 unspecified atom stereocenters. The second-order valence-electron chi connectivity index (χ2n) is 16.5. The Morgan fingerprint density at radius 1 is 0.930 bits per heavy atom. The third-order valence-electron chi connectivity index (χ3n) is 13.2. The van der Waals surface area contributed by atoms with Crippen LogP contribution in [0.25, 0.3) is 0 Å². The van der Waals surface area contributed by atoms with E-state index in [4.69, 9.17) is 14.2 Å². The van der Waals surface area contributed by atoms with Crippen molar-refractivity contribution in [2.75, 3.05) is 13.2 Å². The SMILES string of the molecule is CC(C)CCC[C@H](C)[C@@H]1CC[C@@H]2[C@H]3CC=C4C[C@H](OC(=O)C5(C)COC(c6ccccc6)OC5)CC[C@]4(C)[C@@H]3CC[C@@]21C. The maximum absolute atomic E-state index is 13.4. The number of ether oxygens (including phenoxy) is 3. The summed E-state index contributed by atoms with van der Waals surface area (Å²) in [6.45, 7) is 15.1. The van der Waals surface area contributed by atoms with Crippen LogP contribution in [0.5, 0.6) is 0 Å². The van der Waals surface area contributed by atoms with Crippen molar-refractivity contribution in [1.29, 1.82) is 0 Å². The molecule has 0 aromatic heterocycles. The van der Waals surface area contributed by atoms with Gasteiger partial charge in [-0.2, -0.15) is 0 Å². The van der Waals surface area contributed by atoms with Gasteiger partial charge < -0.3 is 14.2 Å². The maximum atomic E-state index is 13.4. The van der Waals surface area contributed by atoms with Gasteiger partial charge in [-0.3, -0.25) is 4.79 Å². The second-order valence-corrected chi connectivity index (χ2v) is 16.5. The van der Waals surface area contributed by atoms with Crippen LogP contribution in [-0.2, 0) is 19.0 Å². The molecule has 238 valence electrons. The molecule has 4 nitrogen and oxygen atoms in total. The average Bonchev–Trinajstić information content (AvgIpc) is 3.35. The highest BCUT2D eigenvalue weighted by Crippen LogP contribution is 2.67. The second kappa shape index (κ2) is 12.3. The van der Waals surface area contributed by atoms with Gasteiger partial charge in [-0.25, -0.2) is 0 Å². The molecule has 3 saturated carbocycles.